The monoisotopic (exact) mass is 346 g/mol. The number of pyridine rings is 1. The Morgan fingerprint density at radius 2 is 1.96 bits per heavy atom. The van der Waals surface area contributed by atoms with Crippen molar-refractivity contribution in [1.29, 1.82) is 5.26 Å². The predicted octanol–water partition coefficient (Wildman–Crippen LogP) is 3.15. The molecule has 1 amide bonds. The fourth-order valence-corrected chi connectivity index (χ4v) is 4.04. The van der Waals surface area contributed by atoms with Crippen LogP contribution in [0.4, 0.5) is 11.5 Å². The fraction of sp³-hybridized carbons (Fsp3) is 0.381. The van der Waals surface area contributed by atoms with Crippen molar-refractivity contribution < 1.29 is 4.79 Å². The first kappa shape index (κ1) is 16.6. The topological polar surface area (TPSA) is 60.2 Å². The normalized spacial score (nSPS) is 17.0. The highest BCUT2D eigenvalue weighted by molar-refractivity contribution is 5.95. The summed E-state index contributed by atoms with van der Waals surface area (Å²) in [6.45, 7) is 2.50. The lowest BCUT2D eigenvalue weighted by Crippen LogP contribution is -2.37. The summed E-state index contributed by atoms with van der Waals surface area (Å²) in [5, 5.41) is 9.25. The zero-order valence-corrected chi connectivity index (χ0v) is 14.8. The number of fused-ring (bicyclic) bond motifs is 1. The lowest BCUT2D eigenvalue weighted by molar-refractivity contribution is -0.119. The van der Waals surface area contributed by atoms with Crippen LogP contribution in [0, 0.1) is 17.2 Å². The van der Waals surface area contributed by atoms with Gasteiger partial charge in [-0.25, -0.2) is 4.98 Å². The Morgan fingerprint density at radius 1 is 1.15 bits per heavy atom. The third-order valence-corrected chi connectivity index (χ3v) is 5.47. The molecule has 2 aliphatic heterocycles. The van der Waals surface area contributed by atoms with Crippen LogP contribution in [-0.2, 0) is 11.2 Å². The number of anilines is 2. The maximum Gasteiger partial charge on any atom is 0.227 e. The summed E-state index contributed by atoms with van der Waals surface area (Å²) in [6, 6.07) is 14.0. The van der Waals surface area contributed by atoms with Crippen LogP contribution in [0.5, 0.6) is 0 Å². The summed E-state index contributed by atoms with van der Waals surface area (Å²) in [5.74, 6) is 1.41. The van der Waals surface area contributed by atoms with Gasteiger partial charge in [0.05, 0.1) is 5.56 Å². The molecule has 5 nitrogen and oxygen atoms in total. The second-order valence-electron chi connectivity index (χ2n) is 7.05. The SMILES string of the molecule is N#Cc1cccnc1N1CCC(CC(=O)N2CCc3ccccc32)CC1. The molecule has 3 heterocycles. The number of nitriles is 1. The van der Waals surface area contributed by atoms with Gasteiger partial charge in [0.15, 0.2) is 0 Å². The molecule has 0 spiro atoms. The Morgan fingerprint density at radius 3 is 2.77 bits per heavy atom. The average Bonchev–Trinajstić information content (AvgIpc) is 3.13. The van der Waals surface area contributed by atoms with Crippen molar-refractivity contribution in [2.75, 3.05) is 29.4 Å². The van der Waals surface area contributed by atoms with E-state index in [9.17, 15) is 10.1 Å². The summed E-state index contributed by atoms with van der Waals surface area (Å²) in [6.07, 6.45) is 5.22. The molecule has 1 aromatic heterocycles. The highest BCUT2D eigenvalue weighted by Gasteiger charge is 2.28. The average molecular weight is 346 g/mol. The molecular formula is C21H22N4O. The lowest BCUT2D eigenvalue weighted by atomic mass is 9.92. The first-order valence-corrected chi connectivity index (χ1v) is 9.24. The molecule has 5 heteroatoms. The number of aromatic nitrogens is 1. The van der Waals surface area contributed by atoms with E-state index in [1.807, 2.05) is 29.2 Å². The highest BCUT2D eigenvalue weighted by atomic mass is 16.2. The van der Waals surface area contributed by atoms with Gasteiger partial charge in [0.25, 0.3) is 0 Å². The molecule has 0 N–H and O–H groups in total. The van der Waals surface area contributed by atoms with Crippen molar-refractivity contribution >= 4 is 17.4 Å². The van der Waals surface area contributed by atoms with Gasteiger partial charge in [-0.15, -0.1) is 0 Å². The number of rotatable bonds is 3. The molecule has 0 saturated carbocycles. The largest absolute Gasteiger partial charge is 0.356 e. The molecule has 2 aromatic rings. The summed E-state index contributed by atoms with van der Waals surface area (Å²) < 4.78 is 0. The molecule has 1 saturated heterocycles. The van der Waals surface area contributed by atoms with Crippen LogP contribution < -0.4 is 9.80 Å². The number of amides is 1. The molecule has 26 heavy (non-hydrogen) atoms. The highest BCUT2D eigenvalue weighted by Crippen LogP contribution is 2.31. The predicted molar refractivity (Wildman–Crippen MR) is 101 cm³/mol. The van der Waals surface area contributed by atoms with Gasteiger partial charge in [0.2, 0.25) is 5.91 Å². The Labute approximate surface area is 153 Å². The zero-order chi connectivity index (χ0) is 17.9. The van der Waals surface area contributed by atoms with Gasteiger partial charge in [-0.05, 0) is 48.9 Å². The molecule has 0 atom stereocenters. The lowest BCUT2D eigenvalue weighted by Gasteiger charge is -2.33. The molecule has 132 valence electrons. The second kappa shape index (κ2) is 7.17. The molecule has 0 aliphatic carbocycles. The molecule has 0 radical (unpaired) electrons. The Balaban J connectivity index is 1.36. The van der Waals surface area contributed by atoms with E-state index in [0.717, 1.165) is 50.4 Å². The van der Waals surface area contributed by atoms with E-state index in [1.54, 1.807) is 12.3 Å². The standard InChI is InChI=1S/C21H22N4O/c22-15-18-5-3-10-23-21(18)24-11-7-16(8-12-24)14-20(26)25-13-9-17-4-1-2-6-19(17)25/h1-6,10,16H,7-9,11-14H2. The summed E-state index contributed by atoms with van der Waals surface area (Å²) in [5.41, 5.74) is 2.98. The van der Waals surface area contributed by atoms with Crippen LogP contribution >= 0.6 is 0 Å². The van der Waals surface area contributed by atoms with Crippen molar-refractivity contribution in [2.45, 2.75) is 25.7 Å². The molecule has 1 fully saturated rings. The molecule has 2 aliphatic rings. The number of benzene rings is 1. The van der Waals surface area contributed by atoms with E-state index in [0.29, 0.717) is 17.9 Å². The summed E-state index contributed by atoms with van der Waals surface area (Å²) in [4.78, 5) is 21.3. The van der Waals surface area contributed by atoms with E-state index >= 15 is 0 Å². The maximum absolute atomic E-state index is 12.8. The minimum Gasteiger partial charge on any atom is -0.356 e. The van der Waals surface area contributed by atoms with E-state index in [2.05, 4.69) is 22.0 Å². The number of nitrogens with zero attached hydrogens (tertiary/aromatic N) is 4. The first-order valence-electron chi connectivity index (χ1n) is 9.24. The minimum absolute atomic E-state index is 0.240. The number of carbonyl (C=O) groups excluding carboxylic acids is 1. The molecule has 1 aromatic carbocycles. The molecule has 0 unspecified atom stereocenters. The second-order valence-corrected chi connectivity index (χ2v) is 7.05. The van der Waals surface area contributed by atoms with Crippen molar-refractivity contribution in [3.05, 3.63) is 53.7 Å². The number of para-hydroxylation sites is 1. The summed E-state index contributed by atoms with van der Waals surface area (Å²) >= 11 is 0. The quantitative estimate of drug-likeness (QED) is 0.856. The van der Waals surface area contributed by atoms with Gasteiger partial charge in [-0.1, -0.05) is 18.2 Å². The molecule has 0 bridgehead atoms. The maximum atomic E-state index is 12.8. The van der Waals surface area contributed by atoms with Gasteiger partial charge in [0.1, 0.15) is 11.9 Å². The van der Waals surface area contributed by atoms with E-state index < -0.39 is 0 Å². The van der Waals surface area contributed by atoms with E-state index in [1.165, 1.54) is 5.56 Å². The number of piperidine rings is 1. The molecular weight excluding hydrogens is 324 g/mol. The third-order valence-electron chi connectivity index (χ3n) is 5.47. The van der Waals surface area contributed by atoms with Gasteiger partial charge >= 0.3 is 0 Å². The Bertz CT molecular complexity index is 849. The van der Waals surface area contributed by atoms with Crippen molar-refractivity contribution in [2.24, 2.45) is 5.92 Å². The fourth-order valence-electron chi connectivity index (χ4n) is 4.04. The molecule has 4 rings (SSSR count). The Kier molecular flexibility index (Phi) is 4.57. The van der Waals surface area contributed by atoms with Crippen molar-refractivity contribution in [3.8, 4) is 6.07 Å². The minimum atomic E-state index is 0.240. The van der Waals surface area contributed by atoms with Crippen LogP contribution in [0.25, 0.3) is 0 Å². The first-order chi connectivity index (χ1) is 12.8. The van der Waals surface area contributed by atoms with Gasteiger partial charge in [0, 0.05) is 37.9 Å². The van der Waals surface area contributed by atoms with Crippen LogP contribution in [0.2, 0.25) is 0 Å². The van der Waals surface area contributed by atoms with E-state index in [4.69, 9.17) is 0 Å². The van der Waals surface area contributed by atoms with Crippen LogP contribution in [0.1, 0.15) is 30.4 Å². The van der Waals surface area contributed by atoms with Gasteiger partial charge in [-0.3, -0.25) is 4.79 Å². The van der Waals surface area contributed by atoms with E-state index in [-0.39, 0.29) is 5.91 Å². The van der Waals surface area contributed by atoms with Crippen LogP contribution in [-0.4, -0.2) is 30.5 Å². The summed E-state index contributed by atoms with van der Waals surface area (Å²) in [7, 11) is 0. The smallest absolute Gasteiger partial charge is 0.227 e. The van der Waals surface area contributed by atoms with Gasteiger partial charge < -0.3 is 9.80 Å². The van der Waals surface area contributed by atoms with Crippen LogP contribution in [0.15, 0.2) is 42.6 Å². The number of hydrogen-bond acceptors (Lipinski definition) is 4. The zero-order valence-electron chi connectivity index (χ0n) is 14.8. The number of hydrogen-bond donors (Lipinski definition) is 0. The van der Waals surface area contributed by atoms with Crippen molar-refractivity contribution in [3.63, 3.8) is 0 Å². The third kappa shape index (κ3) is 3.15. The Hall–Kier alpha value is -2.87. The van der Waals surface area contributed by atoms with Crippen LogP contribution in [0.3, 0.4) is 0 Å². The van der Waals surface area contributed by atoms with Gasteiger partial charge in [-0.2, -0.15) is 5.26 Å². The van der Waals surface area contributed by atoms with Crippen molar-refractivity contribution in [1.82, 2.24) is 4.98 Å². The number of carbonyl (C=O) groups is 1.